The lowest BCUT2D eigenvalue weighted by atomic mass is 10.2. The molecule has 0 aromatic carbocycles. The first kappa shape index (κ1) is 12.5. The molecule has 0 aliphatic heterocycles. The highest BCUT2D eigenvalue weighted by Crippen LogP contribution is 2.01. The molecule has 0 fully saturated rings. The van der Waals surface area contributed by atoms with Crippen molar-refractivity contribution < 1.29 is 0 Å². The van der Waals surface area contributed by atoms with E-state index >= 15 is 0 Å². The molecule has 0 aromatic rings. The van der Waals surface area contributed by atoms with Gasteiger partial charge in [0, 0.05) is 0 Å². The van der Waals surface area contributed by atoms with Crippen LogP contribution in [-0.2, 0) is 0 Å². The minimum absolute atomic E-state index is 1.05. The van der Waals surface area contributed by atoms with Crippen LogP contribution in [0.1, 0.15) is 25.7 Å². The molecule has 1 aliphatic rings. The summed E-state index contributed by atoms with van der Waals surface area (Å²) in [6.07, 6.45) is 30.5. The van der Waals surface area contributed by atoms with Crippen molar-refractivity contribution in [3.05, 3.63) is 72.9 Å². The Bertz CT molecular complexity index is 288. The zero-order valence-corrected chi connectivity index (χ0v) is 9.68. The van der Waals surface area contributed by atoms with Crippen LogP contribution >= 0.6 is 0 Å². The van der Waals surface area contributed by atoms with E-state index in [0.29, 0.717) is 0 Å². The Hall–Kier alpha value is -1.56. The van der Waals surface area contributed by atoms with Gasteiger partial charge in [-0.25, -0.2) is 0 Å². The lowest BCUT2D eigenvalue weighted by Gasteiger charge is -1.91. The Labute approximate surface area is 99.1 Å². The van der Waals surface area contributed by atoms with E-state index in [4.69, 9.17) is 0 Å². The van der Waals surface area contributed by atoms with Gasteiger partial charge in [0.05, 0.1) is 0 Å². The fraction of sp³-hybridized carbons (Fsp3) is 0.250. The zero-order chi connectivity index (χ0) is 11.3. The van der Waals surface area contributed by atoms with Gasteiger partial charge in [0.2, 0.25) is 0 Å². The van der Waals surface area contributed by atoms with E-state index in [1.807, 2.05) is 48.6 Å². The van der Waals surface area contributed by atoms with Crippen molar-refractivity contribution in [3.8, 4) is 0 Å². The van der Waals surface area contributed by atoms with E-state index < -0.39 is 0 Å². The second-order valence-corrected chi connectivity index (χ2v) is 3.58. The van der Waals surface area contributed by atoms with E-state index in [1.54, 1.807) is 0 Å². The summed E-state index contributed by atoms with van der Waals surface area (Å²) < 4.78 is 0. The third-order valence-corrected chi connectivity index (χ3v) is 2.18. The van der Waals surface area contributed by atoms with Gasteiger partial charge in [-0.05, 0) is 31.8 Å². The second kappa shape index (κ2) is 9.97. The largest absolute Gasteiger partial charge is 0.0845 e. The van der Waals surface area contributed by atoms with Gasteiger partial charge in [0.1, 0.15) is 0 Å². The molecular weight excluding hydrogens is 192 g/mol. The van der Waals surface area contributed by atoms with Gasteiger partial charge in [0.15, 0.2) is 0 Å². The molecule has 0 aromatic heterocycles. The molecule has 0 atom stereocenters. The van der Waals surface area contributed by atoms with Gasteiger partial charge in [-0.1, -0.05) is 66.8 Å². The van der Waals surface area contributed by atoms with Crippen LogP contribution in [0.5, 0.6) is 0 Å². The third-order valence-electron chi connectivity index (χ3n) is 2.18. The summed E-state index contributed by atoms with van der Waals surface area (Å²) >= 11 is 0. The smallest absolute Gasteiger partial charge is 0.0276 e. The molecule has 0 saturated heterocycles. The molecule has 16 heavy (non-hydrogen) atoms. The van der Waals surface area contributed by atoms with Gasteiger partial charge in [0.25, 0.3) is 0 Å². The SMILES string of the molecule is [C]1=C/C=C/C=C\C=C\C=C\C=C/CCCC/1. The fourth-order valence-electron chi connectivity index (χ4n) is 1.32. The van der Waals surface area contributed by atoms with Crippen molar-refractivity contribution in [2.45, 2.75) is 25.7 Å². The molecular formula is C16H19. The molecule has 0 unspecified atom stereocenters. The second-order valence-electron chi connectivity index (χ2n) is 3.58. The first-order chi connectivity index (χ1) is 8.00. The molecule has 0 amide bonds. The first-order valence-corrected chi connectivity index (χ1v) is 5.88. The predicted molar refractivity (Wildman–Crippen MR) is 72.0 cm³/mol. The van der Waals surface area contributed by atoms with Crippen LogP contribution in [0.3, 0.4) is 0 Å². The maximum Gasteiger partial charge on any atom is -0.0276 e. The van der Waals surface area contributed by atoms with E-state index in [9.17, 15) is 0 Å². The quantitative estimate of drug-likeness (QED) is 0.544. The van der Waals surface area contributed by atoms with Gasteiger partial charge in [-0.2, -0.15) is 0 Å². The number of hydrogen-bond donors (Lipinski definition) is 0. The van der Waals surface area contributed by atoms with Gasteiger partial charge >= 0.3 is 0 Å². The summed E-state index contributed by atoms with van der Waals surface area (Å²) in [5, 5.41) is 0. The highest BCUT2D eigenvalue weighted by molar-refractivity contribution is 5.19. The van der Waals surface area contributed by atoms with Crippen molar-refractivity contribution in [3.63, 3.8) is 0 Å². The normalized spacial score (nSPS) is 30.0. The fourth-order valence-corrected chi connectivity index (χ4v) is 1.32. The van der Waals surface area contributed by atoms with Crippen molar-refractivity contribution >= 4 is 0 Å². The highest BCUT2D eigenvalue weighted by atomic mass is 13.9. The topological polar surface area (TPSA) is 0 Å². The minimum Gasteiger partial charge on any atom is -0.0845 e. The summed E-state index contributed by atoms with van der Waals surface area (Å²) in [6.45, 7) is 0. The minimum atomic E-state index is 1.05. The maximum atomic E-state index is 3.27. The van der Waals surface area contributed by atoms with Gasteiger partial charge < -0.3 is 0 Å². The average Bonchev–Trinajstić information content (AvgIpc) is 2.29. The van der Waals surface area contributed by atoms with Crippen LogP contribution in [0, 0.1) is 6.08 Å². The Kier molecular flexibility index (Phi) is 7.80. The molecule has 0 bridgehead atoms. The summed E-state index contributed by atoms with van der Waals surface area (Å²) in [4.78, 5) is 0. The van der Waals surface area contributed by atoms with Gasteiger partial charge in [-0.15, -0.1) is 0 Å². The summed E-state index contributed by atoms with van der Waals surface area (Å²) in [5.41, 5.74) is 0. The van der Waals surface area contributed by atoms with Crippen LogP contribution < -0.4 is 0 Å². The lowest BCUT2D eigenvalue weighted by Crippen LogP contribution is -1.72. The predicted octanol–water partition coefficient (Wildman–Crippen LogP) is 4.70. The molecule has 0 saturated carbocycles. The molecule has 0 nitrogen and oxygen atoms in total. The summed E-state index contributed by atoms with van der Waals surface area (Å²) in [6, 6.07) is 0. The maximum absolute atomic E-state index is 3.27. The molecule has 1 radical (unpaired) electrons. The van der Waals surface area contributed by atoms with Crippen LogP contribution in [-0.4, -0.2) is 0 Å². The van der Waals surface area contributed by atoms with Crippen molar-refractivity contribution in [1.29, 1.82) is 0 Å². The Morgan fingerprint density at radius 1 is 0.625 bits per heavy atom. The van der Waals surface area contributed by atoms with E-state index in [0.717, 1.165) is 12.8 Å². The summed E-state index contributed by atoms with van der Waals surface area (Å²) in [7, 11) is 0. The number of allylic oxidation sites excluding steroid dienone is 12. The highest BCUT2D eigenvalue weighted by Gasteiger charge is 1.82. The van der Waals surface area contributed by atoms with Crippen LogP contribution in [0.2, 0.25) is 0 Å². The van der Waals surface area contributed by atoms with Gasteiger partial charge in [-0.3, -0.25) is 0 Å². The lowest BCUT2D eigenvalue weighted by molar-refractivity contribution is 0.754. The van der Waals surface area contributed by atoms with Crippen molar-refractivity contribution in [1.82, 2.24) is 0 Å². The van der Waals surface area contributed by atoms with E-state index in [2.05, 4.69) is 24.3 Å². The molecule has 0 heteroatoms. The molecule has 1 rings (SSSR count). The average molecular weight is 211 g/mol. The molecule has 0 N–H and O–H groups in total. The number of hydrogen-bond acceptors (Lipinski definition) is 0. The van der Waals surface area contributed by atoms with E-state index in [-0.39, 0.29) is 0 Å². The Morgan fingerprint density at radius 2 is 1.25 bits per heavy atom. The first-order valence-electron chi connectivity index (χ1n) is 5.88. The molecule has 83 valence electrons. The van der Waals surface area contributed by atoms with Crippen molar-refractivity contribution in [2.24, 2.45) is 0 Å². The van der Waals surface area contributed by atoms with E-state index in [1.165, 1.54) is 12.8 Å². The zero-order valence-electron chi connectivity index (χ0n) is 9.68. The molecule has 0 heterocycles. The molecule has 1 aliphatic carbocycles. The molecule has 0 spiro atoms. The summed E-state index contributed by atoms with van der Waals surface area (Å²) in [5.74, 6) is 0. The monoisotopic (exact) mass is 211 g/mol. The number of rotatable bonds is 0. The van der Waals surface area contributed by atoms with Crippen LogP contribution in [0.15, 0.2) is 66.8 Å². The Morgan fingerprint density at radius 3 is 2.00 bits per heavy atom. The standard InChI is InChI=1S/C16H19/c1-2-4-6-8-10-12-14-16-15-13-11-9-7-5-3-1/h1-11H,12,14-16H2/b2-1+,5-3-,6-4+,9-7+,10-8-,13-11?. The Balaban J connectivity index is 2.48. The van der Waals surface area contributed by atoms with Crippen LogP contribution in [0.25, 0.3) is 0 Å². The van der Waals surface area contributed by atoms with Crippen LogP contribution in [0.4, 0.5) is 0 Å². The third kappa shape index (κ3) is 7.81. The van der Waals surface area contributed by atoms with Crippen molar-refractivity contribution in [2.75, 3.05) is 0 Å².